The number of nitrogens with one attached hydrogen (secondary N) is 1. The van der Waals surface area contributed by atoms with Gasteiger partial charge in [-0.3, -0.25) is 9.69 Å². The van der Waals surface area contributed by atoms with Crippen molar-refractivity contribution in [1.82, 2.24) is 15.1 Å². The van der Waals surface area contributed by atoms with Crippen LogP contribution in [-0.4, -0.2) is 48.9 Å². The summed E-state index contributed by atoms with van der Waals surface area (Å²) in [7, 11) is 2.18. The van der Waals surface area contributed by atoms with E-state index < -0.39 is 0 Å². The Morgan fingerprint density at radius 1 is 1.03 bits per heavy atom. The molecule has 5 nitrogen and oxygen atoms in total. The fourth-order valence-corrected chi connectivity index (χ4v) is 5.22. The van der Waals surface area contributed by atoms with Crippen molar-refractivity contribution in [3.05, 3.63) is 76.2 Å². The number of hydrogen-bond acceptors (Lipinski definition) is 5. The van der Waals surface area contributed by atoms with Gasteiger partial charge >= 0.3 is 0 Å². The molecule has 0 aliphatic carbocycles. The number of amides is 1. The number of rotatable bonds is 5. The Morgan fingerprint density at radius 2 is 1.77 bits per heavy atom. The van der Waals surface area contributed by atoms with E-state index in [-0.39, 0.29) is 5.91 Å². The average Bonchev–Trinajstić information content (AvgIpc) is 3.25. The van der Waals surface area contributed by atoms with E-state index in [1.807, 2.05) is 24.3 Å². The van der Waals surface area contributed by atoms with E-state index >= 15 is 0 Å². The number of thiophene rings is 1. The molecule has 3 aromatic rings. The summed E-state index contributed by atoms with van der Waals surface area (Å²) in [5.74, 6) is 0.860. The van der Waals surface area contributed by atoms with Crippen molar-refractivity contribution in [3.63, 3.8) is 0 Å². The minimum absolute atomic E-state index is 0.0293. The topological polar surface area (TPSA) is 44.8 Å². The number of piperazine rings is 1. The maximum absolute atomic E-state index is 12.8. The summed E-state index contributed by atoms with van der Waals surface area (Å²) in [6, 6.07) is 18.6. The highest BCUT2D eigenvalue weighted by Crippen LogP contribution is 2.42. The maximum Gasteiger partial charge on any atom is 0.261 e. The van der Waals surface area contributed by atoms with Gasteiger partial charge in [-0.1, -0.05) is 36.4 Å². The number of carbonyl (C=O) groups excluding carboxylic acids is 1. The molecular weight excluding hydrogens is 406 g/mol. The van der Waals surface area contributed by atoms with Gasteiger partial charge in [0.05, 0.1) is 4.88 Å². The van der Waals surface area contributed by atoms with Crippen LogP contribution in [0.25, 0.3) is 10.4 Å². The number of ether oxygens (including phenoxy) is 1. The Labute approximate surface area is 187 Å². The second kappa shape index (κ2) is 8.83. The SMILES string of the molecule is CN1CCN(Cc2ccc(CNC(=O)c3cc4c(s3)-c3ccccc3OC4)cc2)CC1. The van der Waals surface area contributed by atoms with E-state index in [1.165, 1.54) is 5.56 Å². The number of nitrogens with zero attached hydrogens (tertiary/aromatic N) is 2. The van der Waals surface area contributed by atoms with Crippen LogP contribution in [0.4, 0.5) is 0 Å². The van der Waals surface area contributed by atoms with Crippen LogP contribution < -0.4 is 10.1 Å². The van der Waals surface area contributed by atoms with Crippen molar-refractivity contribution in [2.75, 3.05) is 33.2 Å². The summed E-state index contributed by atoms with van der Waals surface area (Å²) in [6.45, 7) is 6.55. The normalized spacial score (nSPS) is 16.3. The molecule has 2 aliphatic heterocycles. The summed E-state index contributed by atoms with van der Waals surface area (Å²) < 4.78 is 5.81. The van der Waals surface area contributed by atoms with Crippen LogP contribution in [0.15, 0.2) is 54.6 Å². The number of carbonyl (C=O) groups is 1. The molecule has 5 rings (SSSR count). The summed E-state index contributed by atoms with van der Waals surface area (Å²) in [6.07, 6.45) is 0. The standard InChI is InChI=1S/C25H27N3O2S/c1-27-10-12-28(13-11-27)16-19-8-6-18(7-9-19)15-26-25(29)23-14-20-17-30-22-5-3-2-4-21(22)24(20)31-23/h2-9,14H,10-13,15-17H2,1H3,(H,26,29). The molecule has 0 unspecified atom stereocenters. The van der Waals surface area contributed by atoms with Crippen LogP contribution in [0, 0.1) is 0 Å². The Hall–Kier alpha value is -2.67. The van der Waals surface area contributed by atoms with Gasteiger partial charge < -0.3 is 15.0 Å². The Bertz CT molecular complexity index is 1070. The van der Waals surface area contributed by atoms with Crippen LogP contribution in [0.1, 0.15) is 26.4 Å². The quantitative estimate of drug-likeness (QED) is 0.661. The van der Waals surface area contributed by atoms with Crippen molar-refractivity contribution in [2.24, 2.45) is 0 Å². The van der Waals surface area contributed by atoms with Gasteiger partial charge in [-0.25, -0.2) is 0 Å². The maximum atomic E-state index is 12.8. The Balaban J connectivity index is 1.18. The van der Waals surface area contributed by atoms with Gasteiger partial charge in [0, 0.05) is 55.3 Å². The molecule has 1 N–H and O–H groups in total. The zero-order valence-electron chi connectivity index (χ0n) is 17.8. The first kappa shape index (κ1) is 20.2. The van der Waals surface area contributed by atoms with Crippen LogP contribution in [0.5, 0.6) is 5.75 Å². The monoisotopic (exact) mass is 433 g/mol. The molecule has 0 saturated carbocycles. The van der Waals surface area contributed by atoms with Crippen molar-refractivity contribution in [3.8, 4) is 16.2 Å². The number of para-hydroxylation sites is 1. The zero-order chi connectivity index (χ0) is 21.2. The van der Waals surface area contributed by atoms with Crippen molar-refractivity contribution in [2.45, 2.75) is 19.7 Å². The van der Waals surface area contributed by atoms with Gasteiger partial charge in [-0.15, -0.1) is 11.3 Å². The smallest absolute Gasteiger partial charge is 0.261 e. The van der Waals surface area contributed by atoms with E-state index in [1.54, 1.807) is 11.3 Å². The van der Waals surface area contributed by atoms with Gasteiger partial charge in [0.15, 0.2) is 0 Å². The average molecular weight is 434 g/mol. The lowest BCUT2D eigenvalue weighted by Crippen LogP contribution is -2.43. The Morgan fingerprint density at radius 3 is 2.58 bits per heavy atom. The number of likely N-dealkylation sites (N-methyl/N-ethyl adjacent to an activating group) is 1. The number of fused-ring (bicyclic) bond motifs is 3. The fraction of sp³-hybridized carbons (Fsp3) is 0.320. The first-order valence-corrected chi connectivity index (χ1v) is 11.6. The van der Waals surface area contributed by atoms with E-state index in [9.17, 15) is 4.79 Å². The van der Waals surface area contributed by atoms with Crippen molar-refractivity contribution >= 4 is 17.2 Å². The summed E-state index contributed by atoms with van der Waals surface area (Å²) in [5, 5.41) is 3.07. The molecule has 0 spiro atoms. The molecule has 1 amide bonds. The molecule has 2 aromatic carbocycles. The highest BCUT2D eigenvalue weighted by atomic mass is 32.1. The molecule has 0 radical (unpaired) electrons. The van der Waals surface area contributed by atoms with Gasteiger partial charge in [0.1, 0.15) is 12.4 Å². The van der Waals surface area contributed by atoms with E-state index in [2.05, 4.69) is 52.5 Å². The molecule has 1 fully saturated rings. The summed E-state index contributed by atoms with van der Waals surface area (Å²) >= 11 is 1.54. The third-order valence-corrected chi connectivity index (χ3v) is 7.24. The molecule has 2 aliphatic rings. The third kappa shape index (κ3) is 4.51. The van der Waals surface area contributed by atoms with Crippen molar-refractivity contribution < 1.29 is 9.53 Å². The predicted molar refractivity (Wildman–Crippen MR) is 124 cm³/mol. The first-order chi connectivity index (χ1) is 15.2. The second-order valence-corrected chi connectivity index (χ2v) is 9.38. The highest BCUT2D eigenvalue weighted by Gasteiger charge is 2.22. The molecule has 0 atom stereocenters. The highest BCUT2D eigenvalue weighted by molar-refractivity contribution is 7.17. The van der Waals surface area contributed by atoms with Gasteiger partial charge in [-0.05, 0) is 36.4 Å². The summed E-state index contributed by atoms with van der Waals surface area (Å²) in [4.78, 5) is 19.5. The minimum Gasteiger partial charge on any atom is -0.488 e. The lowest BCUT2D eigenvalue weighted by atomic mass is 10.1. The van der Waals surface area contributed by atoms with Crippen LogP contribution in [-0.2, 0) is 19.7 Å². The van der Waals surface area contributed by atoms with E-state index in [0.717, 1.165) is 64.9 Å². The molecule has 1 saturated heterocycles. The minimum atomic E-state index is -0.0293. The predicted octanol–water partition coefficient (Wildman–Crippen LogP) is 3.98. The zero-order valence-corrected chi connectivity index (χ0v) is 18.6. The molecule has 0 bridgehead atoms. The third-order valence-electron chi connectivity index (χ3n) is 6.03. The van der Waals surface area contributed by atoms with Crippen LogP contribution in [0.2, 0.25) is 0 Å². The number of benzene rings is 2. The summed E-state index contributed by atoms with van der Waals surface area (Å²) in [5.41, 5.74) is 4.60. The molecule has 31 heavy (non-hydrogen) atoms. The van der Waals surface area contributed by atoms with Gasteiger partial charge in [0.2, 0.25) is 0 Å². The van der Waals surface area contributed by atoms with E-state index in [4.69, 9.17) is 4.74 Å². The van der Waals surface area contributed by atoms with Gasteiger partial charge in [-0.2, -0.15) is 0 Å². The number of hydrogen-bond donors (Lipinski definition) is 1. The second-order valence-electron chi connectivity index (χ2n) is 8.33. The largest absolute Gasteiger partial charge is 0.488 e. The molecule has 1 aromatic heterocycles. The lowest BCUT2D eigenvalue weighted by molar-refractivity contribution is 0.0955. The van der Waals surface area contributed by atoms with Crippen LogP contribution in [0.3, 0.4) is 0 Å². The van der Waals surface area contributed by atoms with Crippen LogP contribution >= 0.6 is 11.3 Å². The molecular formula is C25H27N3O2S. The Kier molecular flexibility index (Phi) is 5.76. The van der Waals surface area contributed by atoms with Gasteiger partial charge in [0.25, 0.3) is 5.91 Å². The first-order valence-electron chi connectivity index (χ1n) is 10.8. The lowest BCUT2D eigenvalue weighted by Gasteiger charge is -2.32. The van der Waals surface area contributed by atoms with Crippen molar-refractivity contribution in [1.29, 1.82) is 0 Å². The molecule has 3 heterocycles. The van der Waals surface area contributed by atoms with E-state index in [0.29, 0.717) is 13.2 Å². The fourth-order valence-electron chi connectivity index (χ4n) is 4.11. The molecule has 160 valence electrons. The molecule has 6 heteroatoms.